The number of hydrogen-bond donors (Lipinski definition) is 0. The Kier molecular flexibility index (Phi) is 6.88. The molecule has 2 aromatic carbocycles. The Morgan fingerprint density at radius 3 is 2.51 bits per heavy atom. The van der Waals surface area contributed by atoms with Gasteiger partial charge in [0.2, 0.25) is 0 Å². The van der Waals surface area contributed by atoms with Crippen LogP contribution in [0.15, 0.2) is 82.2 Å². The molecule has 0 fully saturated rings. The summed E-state index contributed by atoms with van der Waals surface area (Å²) >= 11 is 1.11. The van der Waals surface area contributed by atoms with Crippen molar-refractivity contribution in [1.82, 2.24) is 4.57 Å². The minimum atomic E-state index is -0.864. The van der Waals surface area contributed by atoms with Crippen LogP contribution in [0.4, 0.5) is 5.69 Å². The van der Waals surface area contributed by atoms with Crippen molar-refractivity contribution in [3.63, 3.8) is 0 Å². The summed E-state index contributed by atoms with van der Waals surface area (Å²) in [5.41, 5.74) is 2.41. The van der Waals surface area contributed by atoms with Gasteiger partial charge >= 0.3 is 11.9 Å². The standard InChI is InChI=1S/C29H25N3O6S/c1-5-15-31-21-10-8-7-9-20(21)23(26(31)34)25-27(35)32-24(18-11-13-19(14-12-18)38-17(4)33)22(28(36)37-6-2)16(3)30-29(32)39-25/h5,7-14,24H,1,6,15H2,2-4H3/b25-23-/t24-/m0/s1. The Bertz CT molecular complexity index is 1750. The van der Waals surface area contributed by atoms with E-state index in [2.05, 4.69) is 11.6 Å². The Balaban J connectivity index is 1.77. The van der Waals surface area contributed by atoms with Crippen molar-refractivity contribution in [2.45, 2.75) is 26.8 Å². The van der Waals surface area contributed by atoms with Crippen molar-refractivity contribution in [2.24, 2.45) is 4.99 Å². The first-order chi connectivity index (χ1) is 18.8. The first-order valence-electron chi connectivity index (χ1n) is 12.3. The van der Waals surface area contributed by atoms with Gasteiger partial charge in [0, 0.05) is 19.0 Å². The quantitative estimate of drug-likeness (QED) is 0.269. The number of para-hydroxylation sites is 1. The Morgan fingerprint density at radius 2 is 1.85 bits per heavy atom. The molecule has 2 aliphatic heterocycles. The molecule has 1 aromatic heterocycles. The number of esters is 2. The lowest BCUT2D eigenvalue weighted by Gasteiger charge is -2.24. The highest BCUT2D eigenvalue weighted by Gasteiger charge is 2.37. The van der Waals surface area contributed by atoms with Gasteiger partial charge in [-0.15, -0.1) is 6.58 Å². The number of allylic oxidation sites excluding steroid dienone is 1. The van der Waals surface area contributed by atoms with Crippen LogP contribution in [0.25, 0.3) is 5.57 Å². The van der Waals surface area contributed by atoms with Crippen LogP contribution in [0.1, 0.15) is 37.9 Å². The van der Waals surface area contributed by atoms with E-state index < -0.39 is 23.5 Å². The highest BCUT2D eigenvalue weighted by Crippen LogP contribution is 2.35. The van der Waals surface area contributed by atoms with Gasteiger partial charge in [0.25, 0.3) is 11.5 Å². The van der Waals surface area contributed by atoms with E-state index in [9.17, 15) is 19.2 Å². The number of rotatable bonds is 6. The highest BCUT2D eigenvalue weighted by molar-refractivity contribution is 7.07. The van der Waals surface area contributed by atoms with E-state index in [1.54, 1.807) is 49.1 Å². The van der Waals surface area contributed by atoms with Crippen LogP contribution in [0, 0.1) is 0 Å². The number of carbonyl (C=O) groups is 3. The van der Waals surface area contributed by atoms with Crippen molar-refractivity contribution in [3.05, 3.63) is 103 Å². The number of aromatic nitrogens is 1. The van der Waals surface area contributed by atoms with E-state index in [1.165, 1.54) is 11.5 Å². The average Bonchev–Trinajstić information content (AvgIpc) is 3.36. The molecule has 0 spiro atoms. The molecule has 0 N–H and O–H groups in total. The second-order valence-corrected chi connectivity index (χ2v) is 9.86. The lowest BCUT2D eigenvalue weighted by Crippen LogP contribution is -2.41. The fraction of sp³-hybridized carbons (Fsp3) is 0.207. The zero-order chi connectivity index (χ0) is 27.8. The summed E-state index contributed by atoms with van der Waals surface area (Å²) in [7, 11) is 0. The lowest BCUT2D eigenvalue weighted by molar-refractivity contribution is -0.139. The fourth-order valence-electron chi connectivity index (χ4n) is 4.85. The number of fused-ring (bicyclic) bond motifs is 2. The van der Waals surface area contributed by atoms with Crippen molar-refractivity contribution < 1.29 is 23.9 Å². The summed E-state index contributed by atoms with van der Waals surface area (Å²) in [6.07, 6.45) is 1.63. The van der Waals surface area contributed by atoms with Crippen molar-refractivity contribution >= 4 is 40.4 Å². The highest BCUT2D eigenvalue weighted by atomic mass is 32.1. The SMILES string of the molecule is C=CCN1C(=O)/C(=c2\sc3n(c2=O)[C@@H](c2ccc(OC(C)=O)cc2)C(C(=O)OCC)=C(C)N=3)c2ccccc21. The number of anilines is 1. The summed E-state index contributed by atoms with van der Waals surface area (Å²) in [6.45, 7) is 8.89. The largest absolute Gasteiger partial charge is 0.463 e. The molecule has 1 amide bonds. The van der Waals surface area contributed by atoms with E-state index in [1.807, 2.05) is 24.3 Å². The van der Waals surface area contributed by atoms with Crippen LogP contribution in [0.3, 0.4) is 0 Å². The average molecular weight is 544 g/mol. The second kappa shape index (κ2) is 10.3. The zero-order valence-electron chi connectivity index (χ0n) is 21.6. The van der Waals surface area contributed by atoms with Gasteiger partial charge in [-0.2, -0.15) is 0 Å². The molecule has 3 heterocycles. The molecule has 3 aromatic rings. The topological polar surface area (TPSA) is 107 Å². The van der Waals surface area contributed by atoms with Crippen LogP contribution in [0.5, 0.6) is 5.75 Å². The number of amides is 1. The summed E-state index contributed by atoms with van der Waals surface area (Å²) in [5.74, 6) is -1.03. The third kappa shape index (κ3) is 4.42. The minimum Gasteiger partial charge on any atom is -0.463 e. The first-order valence-corrected chi connectivity index (χ1v) is 13.1. The molecule has 0 bridgehead atoms. The van der Waals surface area contributed by atoms with Gasteiger partial charge in [-0.1, -0.05) is 47.7 Å². The fourth-order valence-corrected chi connectivity index (χ4v) is 5.99. The molecular weight excluding hydrogens is 518 g/mol. The van der Waals surface area contributed by atoms with Crippen molar-refractivity contribution in [2.75, 3.05) is 18.1 Å². The smallest absolute Gasteiger partial charge is 0.338 e. The molecule has 0 aliphatic carbocycles. The van der Waals surface area contributed by atoms with E-state index in [-0.39, 0.29) is 22.6 Å². The van der Waals surface area contributed by atoms with Gasteiger partial charge in [0.1, 0.15) is 10.3 Å². The molecular formula is C29H25N3O6S. The number of nitrogens with zero attached hydrogens (tertiary/aromatic N) is 3. The van der Waals surface area contributed by atoms with E-state index in [0.717, 1.165) is 11.3 Å². The van der Waals surface area contributed by atoms with Gasteiger partial charge in [-0.3, -0.25) is 19.0 Å². The van der Waals surface area contributed by atoms with Crippen molar-refractivity contribution in [1.29, 1.82) is 0 Å². The summed E-state index contributed by atoms with van der Waals surface area (Å²) < 4.78 is 12.1. The molecule has 0 unspecified atom stereocenters. The minimum absolute atomic E-state index is 0.146. The normalized spacial score (nSPS) is 17.4. The predicted molar refractivity (Wildman–Crippen MR) is 146 cm³/mol. The summed E-state index contributed by atoms with van der Waals surface area (Å²) in [4.78, 5) is 58.7. The predicted octanol–water partition coefficient (Wildman–Crippen LogP) is 2.63. The van der Waals surface area contributed by atoms with Crippen LogP contribution >= 0.6 is 11.3 Å². The van der Waals surface area contributed by atoms with Gasteiger partial charge in [-0.25, -0.2) is 9.79 Å². The molecule has 198 valence electrons. The van der Waals surface area contributed by atoms with E-state index in [0.29, 0.717) is 45.2 Å². The Hall–Kier alpha value is -4.57. The van der Waals surface area contributed by atoms with Gasteiger partial charge in [0.05, 0.1) is 35.2 Å². The number of ether oxygens (including phenoxy) is 2. The number of carbonyl (C=O) groups excluding carboxylic acids is 3. The maximum Gasteiger partial charge on any atom is 0.338 e. The van der Waals surface area contributed by atoms with Crippen LogP contribution in [-0.4, -0.2) is 35.6 Å². The monoisotopic (exact) mass is 543 g/mol. The Labute approximate surface area is 227 Å². The number of hydrogen-bond acceptors (Lipinski definition) is 8. The summed E-state index contributed by atoms with van der Waals surface area (Å²) in [6, 6.07) is 13.0. The second-order valence-electron chi connectivity index (χ2n) is 8.88. The van der Waals surface area contributed by atoms with E-state index >= 15 is 0 Å². The Morgan fingerprint density at radius 1 is 1.13 bits per heavy atom. The molecule has 39 heavy (non-hydrogen) atoms. The van der Waals surface area contributed by atoms with Crippen molar-refractivity contribution in [3.8, 4) is 5.75 Å². The van der Waals surface area contributed by atoms with Crippen LogP contribution < -0.4 is 24.5 Å². The molecule has 5 rings (SSSR count). The van der Waals surface area contributed by atoms with Gasteiger partial charge in [0.15, 0.2) is 4.80 Å². The maximum absolute atomic E-state index is 14.1. The first kappa shape index (κ1) is 26.1. The third-order valence-electron chi connectivity index (χ3n) is 6.41. The zero-order valence-corrected chi connectivity index (χ0v) is 22.4. The van der Waals surface area contributed by atoms with Crippen LogP contribution in [0.2, 0.25) is 0 Å². The molecule has 0 saturated heterocycles. The van der Waals surface area contributed by atoms with Gasteiger partial charge in [-0.05, 0) is 37.6 Å². The van der Waals surface area contributed by atoms with Gasteiger partial charge < -0.3 is 14.4 Å². The molecule has 1 atom stereocenters. The maximum atomic E-state index is 14.1. The third-order valence-corrected chi connectivity index (χ3v) is 7.47. The molecule has 10 heteroatoms. The molecule has 2 aliphatic rings. The molecule has 9 nitrogen and oxygen atoms in total. The number of thiazole rings is 1. The van der Waals surface area contributed by atoms with E-state index in [4.69, 9.17) is 9.47 Å². The van der Waals surface area contributed by atoms with Crippen LogP contribution in [-0.2, 0) is 19.1 Å². The molecule has 0 radical (unpaired) electrons. The molecule has 0 saturated carbocycles. The summed E-state index contributed by atoms with van der Waals surface area (Å²) in [5, 5.41) is 0. The number of benzene rings is 2. The lowest BCUT2D eigenvalue weighted by atomic mass is 9.96.